The number of nitrogens with zero attached hydrogens (tertiary/aromatic N) is 1. The maximum Gasteiger partial charge on any atom is 0.416 e. The molecule has 0 saturated carbocycles. The number of hydrogen-bond donors (Lipinski definition) is 0. The molecule has 0 radical (unpaired) electrons. The summed E-state index contributed by atoms with van der Waals surface area (Å²) < 4.78 is 56.9. The van der Waals surface area contributed by atoms with E-state index >= 15 is 0 Å². The highest BCUT2D eigenvalue weighted by molar-refractivity contribution is 5.94. The van der Waals surface area contributed by atoms with Crippen LogP contribution in [-0.2, 0) is 12.7 Å². The molecule has 0 N–H and O–H groups in total. The quantitative estimate of drug-likeness (QED) is 0.783. The van der Waals surface area contributed by atoms with E-state index in [2.05, 4.69) is 0 Å². The van der Waals surface area contributed by atoms with Crippen LogP contribution in [-0.4, -0.2) is 25.0 Å². The summed E-state index contributed by atoms with van der Waals surface area (Å²) in [5.74, 6) is -1.12. The van der Waals surface area contributed by atoms with Crippen LogP contribution in [0.15, 0.2) is 42.5 Å². The molecule has 3 nitrogen and oxygen atoms in total. The molecule has 0 aliphatic rings. The van der Waals surface area contributed by atoms with Crippen LogP contribution < -0.4 is 4.74 Å². The van der Waals surface area contributed by atoms with Gasteiger partial charge in [0.15, 0.2) is 0 Å². The number of hydrogen-bond acceptors (Lipinski definition) is 2. The van der Waals surface area contributed by atoms with E-state index in [4.69, 9.17) is 4.74 Å². The molecule has 128 valence electrons. The lowest BCUT2D eigenvalue weighted by molar-refractivity contribution is -0.137. The van der Waals surface area contributed by atoms with Crippen LogP contribution in [0.2, 0.25) is 0 Å². The summed E-state index contributed by atoms with van der Waals surface area (Å²) in [6.45, 7) is -0.0752. The van der Waals surface area contributed by atoms with Gasteiger partial charge in [0.05, 0.1) is 18.2 Å². The van der Waals surface area contributed by atoms with Gasteiger partial charge in [-0.1, -0.05) is 12.1 Å². The molecule has 2 rings (SSSR count). The smallest absolute Gasteiger partial charge is 0.416 e. The molecule has 2 aromatic carbocycles. The molecular weight excluding hydrogens is 326 g/mol. The third-order valence-corrected chi connectivity index (χ3v) is 3.43. The number of rotatable bonds is 4. The van der Waals surface area contributed by atoms with Crippen LogP contribution in [0.25, 0.3) is 0 Å². The fourth-order valence-electron chi connectivity index (χ4n) is 2.19. The van der Waals surface area contributed by atoms with Crippen molar-refractivity contribution in [1.29, 1.82) is 0 Å². The Kier molecular flexibility index (Phi) is 5.11. The predicted octanol–water partition coefficient (Wildman–Crippen LogP) is 4.13. The molecule has 0 fully saturated rings. The zero-order valence-electron chi connectivity index (χ0n) is 13.0. The molecule has 1 amide bonds. The third-order valence-electron chi connectivity index (χ3n) is 3.43. The van der Waals surface area contributed by atoms with Gasteiger partial charge in [0.1, 0.15) is 11.6 Å². The first-order chi connectivity index (χ1) is 11.2. The third kappa shape index (κ3) is 4.04. The molecule has 0 aromatic heterocycles. The second-order valence-electron chi connectivity index (χ2n) is 5.21. The number of halogens is 4. The van der Waals surface area contributed by atoms with E-state index in [9.17, 15) is 22.4 Å². The van der Waals surface area contributed by atoms with Crippen molar-refractivity contribution in [3.05, 3.63) is 65.0 Å². The van der Waals surface area contributed by atoms with E-state index < -0.39 is 23.5 Å². The standard InChI is InChI=1S/C17H15F4NO2/c1-22(10-11-4-3-5-12(8-11)17(19,20)21)16(23)14-7-6-13(24-2)9-15(14)18/h3-9H,10H2,1-2H3. The van der Waals surface area contributed by atoms with E-state index in [1.165, 1.54) is 38.4 Å². The molecular formula is C17H15F4NO2. The van der Waals surface area contributed by atoms with Gasteiger partial charge >= 0.3 is 6.18 Å². The van der Waals surface area contributed by atoms with E-state index in [0.717, 1.165) is 23.1 Å². The highest BCUT2D eigenvalue weighted by Crippen LogP contribution is 2.29. The minimum absolute atomic E-state index is 0.0752. The molecule has 7 heteroatoms. The second-order valence-corrected chi connectivity index (χ2v) is 5.21. The largest absolute Gasteiger partial charge is 0.497 e. The molecule has 0 unspecified atom stereocenters. The number of ether oxygens (including phenoxy) is 1. The normalized spacial score (nSPS) is 11.2. The van der Waals surface area contributed by atoms with Crippen LogP contribution in [0, 0.1) is 5.82 Å². The van der Waals surface area contributed by atoms with Gasteiger partial charge in [-0.3, -0.25) is 4.79 Å². The van der Waals surface area contributed by atoms with E-state index in [0.29, 0.717) is 5.56 Å². The van der Waals surface area contributed by atoms with Crippen molar-refractivity contribution < 1.29 is 27.1 Å². The summed E-state index contributed by atoms with van der Waals surface area (Å²) in [6.07, 6.45) is -4.46. The lowest BCUT2D eigenvalue weighted by atomic mass is 10.1. The van der Waals surface area contributed by atoms with Gasteiger partial charge in [0.2, 0.25) is 0 Å². The number of carbonyl (C=O) groups is 1. The maximum absolute atomic E-state index is 13.9. The Hall–Kier alpha value is -2.57. The SMILES string of the molecule is COc1ccc(C(=O)N(C)Cc2cccc(C(F)(F)F)c2)c(F)c1. The Labute approximate surface area is 136 Å². The van der Waals surface area contributed by atoms with Gasteiger partial charge in [-0.15, -0.1) is 0 Å². The summed E-state index contributed by atoms with van der Waals surface area (Å²) in [5.41, 5.74) is -0.670. The lowest BCUT2D eigenvalue weighted by Gasteiger charge is -2.18. The average molecular weight is 341 g/mol. The molecule has 0 aliphatic carbocycles. The van der Waals surface area contributed by atoms with Gasteiger partial charge in [0.25, 0.3) is 5.91 Å². The zero-order chi connectivity index (χ0) is 17.9. The van der Waals surface area contributed by atoms with Crippen molar-refractivity contribution in [1.82, 2.24) is 4.90 Å². The fourth-order valence-corrected chi connectivity index (χ4v) is 2.19. The van der Waals surface area contributed by atoms with Crippen LogP contribution in [0.1, 0.15) is 21.5 Å². The molecule has 2 aromatic rings. The lowest BCUT2D eigenvalue weighted by Crippen LogP contribution is -2.27. The predicted molar refractivity (Wildman–Crippen MR) is 80.2 cm³/mol. The first-order valence-corrected chi connectivity index (χ1v) is 6.97. The Balaban J connectivity index is 2.18. The zero-order valence-corrected chi connectivity index (χ0v) is 13.0. The van der Waals surface area contributed by atoms with Gasteiger partial charge in [-0.25, -0.2) is 4.39 Å². The van der Waals surface area contributed by atoms with Crippen LogP contribution in [0.4, 0.5) is 17.6 Å². The molecule has 0 aliphatic heterocycles. The maximum atomic E-state index is 13.9. The molecule has 0 atom stereocenters. The van der Waals surface area contributed by atoms with Gasteiger partial charge in [0, 0.05) is 19.7 Å². The molecule has 24 heavy (non-hydrogen) atoms. The minimum atomic E-state index is -4.46. The summed E-state index contributed by atoms with van der Waals surface area (Å²) in [6, 6.07) is 8.45. The highest BCUT2D eigenvalue weighted by atomic mass is 19.4. The average Bonchev–Trinajstić information content (AvgIpc) is 2.53. The number of amides is 1. The van der Waals surface area contributed by atoms with E-state index in [1.54, 1.807) is 0 Å². The van der Waals surface area contributed by atoms with Crippen molar-refractivity contribution in [2.24, 2.45) is 0 Å². The molecule has 0 saturated heterocycles. The van der Waals surface area contributed by atoms with Crippen molar-refractivity contribution >= 4 is 5.91 Å². The minimum Gasteiger partial charge on any atom is -0.497 e. The number of benzene rings is 2. The number of alkyl halides is 3. The van der Waals surface area contributed by atoms with Gasteiger partial charge in [-0.05, 0) is 29.8 Å². The first-order valence-electron chi connectivity index (χ1n) is 6.97. The van der Waals surface area contributed by atoms with Gasteiger partial charge < -0.3 is 9.64 Å². The fraction of sp³-hybridized carbons (Fsp3) is 0.235. The monoisotopic (exact) mass is 341 g/mol. The molecule has 0 bridgehead atoms. The topological polar surface area (TPSA) is 29.5 Å². The number of carbonyl (C=O) groups excluding carboxylic acids is 1. The van der Waals surface area contributed by atoms with E-state index in [-0.39, 0.29) is 17.9 Å². The summed E-state index contributed by atoms with van der Waals surface area (Å²) in [7, 11) is 2.77. The Morgan fingerprint density at radius 2 is 1.88 bits per heavy atom. The summed E-state index contributed by atoms with van der Waals surface area (Å²) >= 11 is 0. The van der Waals surface area contributed by atoms with Crippen molar-refractivity contribution in [3.63, 3.8) is 0 Å². The van der Waals surface area contributed by atoms with Crippen LogP contribution in [0.3, 0.4) is 0 Å². The van der Waals surface area contributed by atoms with Crippen molar-refractivity contribution in [2.45, 2.75) is 12.7 Å². The van der Waals surface area contributed by atoms with Crippen molar-refractivity contribution in [2.75, 3.05) is 14.2 Å². The van der Waals surface area contributed by atoms with Crippen LogP contribution >= 0.6 is 0 Å². The molecule has 0 spiro atoms. The summed E-state index contributed by atoms with van der Waals surface area (Å²) in [5, 5.41) is 0. The Morgan fingerprint density at radius 1 is 1.17 bits per heavy atom. The molecule has 0 heterocycles. The number of methoxy groups -OCH3 is 1. The van der Waals surface area contributed by atoms with Crippen LogP contribution in [0.5, 0.6) is 5.75 Å². The first kappa shape index (κ1) is 17.8. The van der Waals surface area contributed by atoms with Gasteiger partial charge in [-0.2, -0.15) is 13.2 Å². The van der Waals surface area contributed by atoms with Crippen molar-refractivity contribution in [3.8, 4) is 5.75 Å². The van der Waals surface area contributed by atoms with E-state index in [1.807, 2.05) is 0 Å². The highest BCUT2D eigenvalue weighted by Gasteiger charge is 2.30. The summed E-state index contributed by atoms with van der Waals surface area (Å²) in [4.78, 5) is 13.4. The second kappa shape index (κ2) is 6.90. The Morgan fingerprint density at radius 3 is 2.46 bits per heavy atom. The Bertz CT molecular complexity index is 744.